The number of carbonyl (C=O) groups is 3. The summed E-state index contributed by atoms with van der Waals surface area (Å²) in [6.45, 7) is 9.74. The molecule has 0 heterocycles. The molecule has 0 saturated carbocycles. The first kappa shape index (κ1) is 33.6. The average Bonchev–Trinajstić information content (AvgIpc) is 2.84. The second-order valence-electron chi connectivity index (χ2n) is 11.5. The number of carbonyl (C=O) groups excluding carboxylic acids is 3. The van der Waals surface area contributed by atoms with Crippen molar-refractivity contribution in [2.45, 2.75) is 97.2 Å². The molecule has 0 fully saturated rings. The van der Waals surface area contributed by atoms with Crippen LogP contribution >= 0.6 is 0 Å². The normalized spacial score (nSPS) is 13.8. The molecule has 8 heteroatoms. The third-order valence-corrected chi connectivity index (χ3v) is 6.40. The number of nitrogens with two attached hydrogens (primary N) is 1. The van der Waals surface area contributed by atoms with Crippen molar-refractivity contribution in [3.05, 3.63) is 35.9 Å². The van der Waals surface area contributed by atoms with E-state index in [4.69, 9.17) is 5.73 Å². The van der Waals surface area contributed by atoms with Gasteiger partial charge in [0.25, 0.3) is 0 Å². The Balaban J connectivity index is 2.76. The molecule has 0 unspecified atom stereocenters. The monoisotopic (exact) mass is 531 g/mol. The molecule has 38 heavy (non-hydrogen) atoms. The minimum atomic E-state index is -0.826. The molecular weight excluding hydrogens is 478 g/mol. The van der Waals surface area contributed by atoms with Gasteiger partial charge in [-0.1, -0.05) is 77.3 Å². The van der Waals surface area contributed by atoms with E-state index in [0.717, 1.165) is 31.4 Å². The van der Waals surface area contributed by atoms with Gasteiger partial charge in [-0.3, -0.25) is 14.4 Å². The fourth-order valence-electron chi connectivity index (χ4n) is 4.35. The van der Waals surface area contributed by atoms with Crippen LogP contribution in [0.25, 0.3) is 0 Å². The minimum absolute atomic E-state index is 0.180. The van der Waals surface area contributed by atoms with E-state index >= 15 is 0 Å². The number of unbranched alkanes of at least 4 members (excludes halogenated alkanes) is 4. The smallest absolute Gasteiger partial charge is 0.243 e. The molecule has 0 aliphatic rings. The summed E-state index contributed by atoms with van der Waals surface area (Å²) in [5.41, 5.74) is 7.00. The van der Waals surface area contributed by atoms with Crippen LogP contribution in [0.3, 0.4) is 0 Å². The number of benzene rings is 1. The van der Waals surface area contributed by atoms with Gasteiger partial charge >= 0.3 is 0 Å². The van der Waals surface area contributed by atoms with Crippen LogP contribution in [0, 0.1) is 11.8 Å². The van der Waals surface area contributed by atoms with E-state index in [9.17, 15) is 14.4 Å². The molecule has 1 aromatic rings. The number of nitrogens with zero attached hydrogens (tertiary/aromatic N) is 1. The SMILES string of the molecule is CC(C)C[C@H](NC(=O)[C@H](Cc1ccccc1)NC(=O)[C@@H](N)CC(C)C)C(=O)NCCCCCCCN(C)C. The zero-order valence-corrected chi connectivity index (χ0v) is 24.6. The van der Waals surface area contributed by atoms with Gasteiger partial charge in [-0.2, -0.15) is 0 Å². The largest absolute Gasteiger partial charge is 0.354 e. The van der Waals surface area contributed by atoms with Crippen LogP contribution in [0.15, 0.2) is 30.3 Å². The summed E-state index contributed by atoms with van der Waals surface area (Å²) in [5.74, 6) is -0.439. The highest BCUT2D eigenvalue weighted by Gasteiger charge is 2.29. The Hall–Kier alpha value is -2.45. The van der Waals surface area contributed by atoms with E-state index in [0.29, 0.717) is 25.8 Å². The van der Waals surface area contributed by atoms with E-state index in [-0.39, 0.29) is 29.6 Å². The lowest BCUT2D eigenvalue weighted by molar-refractivity contribution is -0.132. The molecule has 5 N–H and O–H groups in total. The van der Waals surface area contributed by atoms with Crippen LogP contribution in [-0.2, 0) is 20.8 Å². The Labute approximate surface area is 230 Å². The van der Waals surface area contributed by atoms with Crippen molar-refractivity contribution in [3.63, 3.8) is 0 Å². The number of amides is 3. The van der Waals surface area contributed by atoms with E-state index in [1.165, 1.54) is 12.8 Å². The van der Waals surface area contributed by atoms with Crippen LogP contribution in [0.5, 0.6) is 0 Å². The standard InChI is InChI=1S/C30H53N5O3/c1-22(2)19-25(31)28(36)33-27(21-24-15-11-10-12-16-24)30(38)34-26(20-23(3)4)29(37)32-17-13-8-7-9-14-18-35(5)6/h10-12,15-16,22-23,25-27H,7-9,13-14,17-21,31H2,1-6H3,(H,32,37)(H,33,36)(H,34,38)/t25-,26-,27-/m0/s1. The molecule has 0 aliphatic carbocycles. The minimum Gasteiger partial charge on any atom is -0.354 e. The van der Waals surface area contributed by atoms with E-state index in [2.05, 4.69) is 34.9 Å². The van der Waals surface area contributed by atoms with E-state index in [1.807, 2.05) is 58.0 Å². The van der Waals surface area contributed by atoms with Crippen LogP contribution in [0.2, 0.25) is 0 Å². The zero-order valence-electron chi connectivity index (χ0n) is 24.6. The predicted octanol–water partition coefficient (Wildman–Crippen LogP) is 3.25. The van der Waals surface area contributed by atoms with Crippen molar-refractivity contribution in [1.82, 2.24) is 20.9 Å². The van der Waals surface area contributed by atoms with Crippen LogP contribution < -0.4 is 21.7 Å². The highest BCUT2D eigenvalue weighted by atomic mass is 16.2. The Kier molecular flexibility index (Phi) is 16.6. The maximum atomic E-state index is 13.4. The summed E-state index contributed by atoms with van der Waals surface area (Å²) in [5, 5.41) is 8.77. The molecule has 3 atom stereocenters. The van der Waals surface area contributed by atoms with E-state index < -0.39 is 18.1 Å². The first-order chi connectivity index (χ1) is 18.0. The van der Waals surface area contributed by atoms with Crippen molar-refractivity contribution >= 4 is 17.7 Å². The lowest BCUT2D eigenvalue weighted by Crippen LogP contribution is -2.56. The van der Waals surface area contributed by atoms with Crippen LogP contribution in [0.1, 0.15) is 78.2 Å². The Morgan fingerprint density at radius 1 is 0.763 bits per heavy atom. The Morgan fingerprint density at radius 2 is 1.34 bits per heavy atom. The predicted molar refractivity (Wildman–Crippen MR) is 156 cm³/mol. The van der Waals surface area contributed by atoms with Crippen molar-refractivity contribution < 1.29 is 14.4 Å². The molecule has 0 spiro atoms. The molecule has 8 nitrogen and oxygen atoms in total. The fourth-order valence-corrected chi connectivity index (χ4v) is 4.35. The molecular formula is C30H53N5O3. The van der Waals surface area contributed by atoms with E-state index in [1.54, 1.807) is 0 Å². The maximum absolute atomic E-state index is 13.4. The van der Waals surface area contributed by atoms with Gasteiger partial charge in [0, 0.05) is 13.0 Å². The van der Waals surface area contributed by atoms with Crippen LogP contribution in [0.4, 0.5) is 0 Å². The van der Waals surface area contributed by atoms with Crippen molar-refractivity contribution in [2.75, 3.05) is 27.2 Å². The lowest BCUT2D eigenvalue weighted by atomic mass is 10.00. The molecule has 0 aliphatic heterocycles. The summed E-state index contributed by atoms with van der Waals surface area (Å²) in [6, 6.07) is 7.34. The van der Waals surface area contributed by atoms with Gasteiger partial charge in [0.05, 0.1) is 6.04 Å². The summed E-state index contributed by atoms with van der Waals surface area (Å²) in [4.78, 5) is 41.4. The van der Waals surface area contributed by atoms with Gasteiger partial charge in [0.1, 0.15) is 12.1 Å². The molecule has 0 radical (unpaired) electrons. The molecule has 0 saturated heterocycles. The van der Waals surface area contributed by atoms with Gasteiger partial charge < -0.3 is 26.6 Å². The fraction of sp³-hybridized carbons (Fsp3) is 0.700. The highest BCUT2D eigenvalue weighted by Crippen LogP contribution is 2.10. The molecule has 1 aromatic carbocycles. The van der Waals surface area contributed by atoms with Crippen molar-refractivity contribution in [2.24, 2.45) is 17.6 Å². The molecule has 0 aromatic heterocycles. The number of nitrogens with one attached hydrogen (secondary N) is 3. The average molecular weight is 532 g/mol. The number of rotatable bonds is 19. The van der Waals surface area contributed by atoms with Gasteiger partial charge in [0.15, 0.2) is 0 Å². The summed E-state index contributed by atoms with van der Waals surface area (Å²) in [7, 11) is 4.17. The quantitative estimate of drug-likeness (QED) is 0.205. The van der Waals surface area contributed by atoms with Crippen molar-refractivity contribution in [3.8, 4) is 0 Å². The third kappa shape index (κ3) is 15.1. The Morgan fingerprint density at radius 3 is 1.95 bits per heavy atom. The molecule has 216 valence electrons. The lowest BCUT2D eigenvalue weighted by Gasteiger charge is -2.25. The summed E-state index contributed by atoms with van der Waals surface area (Å²) < 4.78 is 0. The number of hydrogen-bond donors (Lipinski definition) is 4. The van der Waals surface area contributed by atoms with Crippen molar-refractivity contribution in [1.29, 1.82) is 0 Å². The zero-order chi connectivity index (χ0) is 28.5. The highest BCUT2D eigenvalue weighted by molar-refractivity contribution is 5.93. The second kappa shape index (κ2) is 18.7. The molecule has 3 amide bonds. The second-order valence-corrected chi connectivity index (χ2v) is 11.5. The van der Waals surface area contributed by atoms with Gasteiger partial charge in [-0.05, 0) is 63.7 Å². The summed E-state index contributed by atoms with van der Waals surface area (Å²) in [6.07, 6.45) is 6.86. The molecule has 1 rings (SSSR count). The molecule has 0 bridgehead atoms. The first-order valence-corrected chi connectivity index (χ1v) is 14.3. The number of hydrogen-bond acceptors (Lipinski definition) is 5. The summed E-state index contributed by atoms with van der Waals surface area (Å²) >= 11 is 0. The van der Waals surface area contributed by atoms with Gasteiger partial charge in [-0.15, -0.1) is 0 Å². The van der Waals surface area contributed by atoms with Gasteiger partial charge in [0.2, 0.25) is 17.7 Å². The first-order valence-electron chi connectivity index (χ1n) is 14.3. The Bertz CT molecular complexity index is 813. The topological polar surface area (TPSA) is 117 Å². The van der Waals surface area contributed by atoms with Crippen LogP contribution in [-0.4, -0.2) is 67.9 Å². The van der Waals surface area contributed by atoms with Gasteiger partial charge in [-0.25, -0.2) is 0 Å². The maximum Gasteiger partial charge on any atom is 0.243 e. The third-order valence-electron chi connectivity index (χ3n) is 6.40.